The monoisotopic (exact) mass is 308 g/mol. The first-order valence-corrected chi connectivity index (χ1v) is 6.79. The third kappa shape index (κ3) is 1.97. The van der Waals surface area contributed by atoms with Crippen molar-refractivity contribution in [1.82, 2.24) is 9.38 Å². The molecule has 1 aliphatic rings. The summed E-state index contributed by atoms with van der Waals surface area (Å²) in [5.41, 5.74) is 1.37. The Morgan fingerprint density at radius 2 is 2.22 bits per heavy atom. The van der Waals surface area contributed by atoms with Crippen LogP contribution in [0.2, 0.25) is 0 Å². The van der Waals surface area contributed by atoms with E-state index in [9.17, 15) is 4.79 Å². The molecule has 5 heteroatoms. The van der Waals surface area contributed by atoms with E-state index in [1.807, 2.05) is 22.7 Å². The summed E-state index contributed by atoms with van der Waals surface area (Å²) in [5, 5.41) is 0. The van der Waals surface area contributed by atoms with E-state index in [-0.39, 0.29) is 0 Å². The number of carbonyl (C=O) groups is 1. The summed E-state index contributed by atoms with van der Waals surface area (Å²) in [5.74, 6) is 1.35. The van der Waals surface area contributed by atoms with E-state index >= 15 is 0 Å². The van der Waals surface area contributed by atoms with Crippen molar-refractivity contribution in [2.24, 2.45) is 0 Å². The van der Waals surface area contributed by atoms with Gasteiger partial charge in [-0.25, -0.2) is 4.98 Å². The maximum absolute atomic E-state index is 11.1. The highest BCUT2D eigenvalue weighted by molar-refractivity contribution is 9.10. The van der Waals surface area contributed by atoms with E-state index in [0.717, 1.165) is 48.2 Å². The highest BCUT2D eigenvalue weighted by Gasteiger charge is 2.22. The number of aldehydes is 1. The molecule has 1 aliphatic heterocycles. The second-order valence-electron chi connectivity index (χ2n) is 4.46. The van der Waals surface area contributed by atoms with Crippen LogP contribution in [0.1, 0.15) is 35.1 Å². The number of aromatic nitrogens is 2. The fourth-order valence-electron chi connectivity index (χ4n) is 2.44. The van der Waals surface area contributed by atoms with Crippen LogP contribution >= 0.6 is 15.9 Å². The second-order valence-corrected chi connectivity index (χ2v) is 5.38. The third-order valence-electron chi connectivity index (χ3n) is 3.36. The molecule has 2 aromatic rings. The SMILES string of the molecule is O=Cc1nc(C2CCOCC2)n2ccc(Br)cc12. The lowest BCUT2D eigenvalue weighted by Crippen LogP contribution is -2.16. The predicted octanol–water partition coefficient (Wildman–Crippen LogP) is 2.80. The first-order chi connectivity index (χ1) is 8.79. The Kier molecular flexibility index (Phi) is 3.18. The second kappa shape index (κ2) is 4.82. The summed E-state index contributed by atoms with van der Waals surface area (Å²) in [4.78, 5) is 15.6. The molecule has 4 nitrogen and oxygen atoms in total. The number of nitrogens with zero attached hydrogens (tertiary/aromatic N) is 2. The van der Waals surface area contributed by atoms with Gasteiger partial charge in [0.25, 0.3) is 0 Å². The number of fused-ring (bicyclic) bond motifs is 1. The Balaban J connectivity index is 2.13. The zero-order chi connectivity index (χ0) is 12.5. The van der Waals surface area contributed by atoms with Gasteiger partial charge in [0.05, 0.1) is 5.52 Å². The minimum atomic E-state index is 0.376. The average Bonchev–Trinajstić information content (AvgIpc) is 2.77. The molecule has 0 radical (unpaired) electrons. The van der Waals surface area contributed by atoms with Gasteiger partial charge in [-0.2, -0.15) is 0 Å². The molecule has 94 valence electrons. The lowest BCUT2D eigenvalue weighted by atomic mass is 10.00. The standard InChI is InChI=1S/C13H13BrN2O2/c14-10-1-4-16-12(7-10)11(8-17)15-13(16)9-2-5-18-6-3-9/h1,4,7-9H,2-3,5-6H2. The number of rotatable bonds is 2. The molecule has 0 aliphatic carbocycles. The van der Waals surface area contributed by atoms with Crippen molar-refractivity contribution in [3.63, 3.8) is 0 Å². The number of hydrogen-bond acceptors (Lipinski definition) is 3. The number of carbonyl (C=O) groups excluding carboxylic acids is 1. The van der Waals surface area contributed by atoms with E-state index in [1.54, 1.807) is 0 Å². The van der Waals surface area contributed by atoms with Gasteiger partial charge in [0.1, 0.15) is 11.5 Å². The van der Waals surface area contributed by atoms with Crippen molar-refractivity contribution in [1.29, 1.82) is 0 Å². The van der Waals surface area contributed by atoms with Crippen LogP contribution in [0.15, 0.2) is 22.8 Å². The van der Waals surface area contributed by atoms with Crippen LogP contribution in [0, 0.1) is 0 Å². The molecule has 0 spiro atoms. The van der Waals surface area contributed by atoms with Crippen LogP contribution in [-0.4, -0.2) is 28.9 Å². The molecule has 18 heavy (non-hydrogen) atoms. The summed E-state index contributed by atoms with van der Waals surface area (Å²) >= 11 is 3.42. The predicted molar refractivity (Wildman–Crippen MR) is 71.1 cm³/mol. The lowest BCUT2D eigenvalue weighted by molar-refractivity contribution is 0.0834. The van der Waals surface area contributed by atoms with E-state index in [2.05, 4.69) is 20.9 Å². The highest BCUT2D eigenvalue weighted by atomic mass is 79.9. The molecule has 0 saturated carbocycles. The van der Waals surface area contributed by atoms with Crippen molar-refractivity contribution >= 4 is 27.7 Å². The van der Waals surface area contributed by atoms with Gasteiger partial charge >= 0.3 is 0 Å². The highest BCUT2D eigenvalue weighted by Crippen LogP contribution is 2.28. The Morgan fingerprint density at radius 1 is 1.44 bits per heavy atom. The molecular weight excluding hydrogens is 296 g/mol. The third-order valence-corrected chi connectivity index (χ3v) is 3.85. The number of hydrogen-bond donors (Lipinski definition) is 0. The molecule has 0 N–H and O–H groups in total. The van der Waals surface area contributed by atoms with Crippen LogP contribution in [0.3, 0.4) is 0 Å². The molecule has 0 aromatic carbocycles. The van der Waals surface area contributed by atoms with Crippen molar-refractivity contribution < 1.29 is 9.53 Å². The molecule has 3 rings (SSSR count). The van der Waals surface area contributed by atoms with E-state index < -0.39 is 0 Å². The Morgan fingerprint density at radius 3 is 2.94 bits per heavy atom. The molecule has 0 amide bonds. The topological polar surface area (TPSA) is 43.6 Å². The largest absolute Gasteiger partial charge is 0.381 e. The number of halogens is 1. The van der Waals surface area contributed by atoms with Crippen molar-refractivity contribution in [3.05, 3.63) is 34.3 Å². The van der Waals surface area contributed by atoms with Gasteiger partial charge in [-0.15, -0.1) is 0 Å². The van der Waals surface area contributed by atoms with Crippen LogP contribution < -0.4 is 0 Å². The van der Waals surface area contributed by atoms with Gasteiger partial charge in [-0.05, 0) is 25.0 Å². The van der Waals surface area contributed by atoms with Gasteiger partial charge in [0.15, 0.2) is 6.29 Å². The maximum atomic E-state index is 11.1. The summed E-state index contributed by atoms with van der Waals surface area (Å²) < 4.78 is 8.34. The first-order valence-electron chi connectivity index (χ1n) is 6.00. The smallest absolute Gasteiger partial charge is 0.170 e. The number of imidazole rings is 1. The molecule has 0 atom stereocenters. The van der Waals surface area contributed by atoms with Gasteiger partial charge < -0.3 is 9.14 Å². The zero-order valence-electron chi connectivity index (χ0n) is 9.80. The van der Waals surface area contributed by atoms with E-state index in [4.69, 9.17) is 4.74 Å². The molecule has 1 saturated heterocycles. The van der Waals surface area contributed by atoms with Crippen LogP contribution in [-0.2, 0) is 4.74 Å². The van der Waals surface area contributed by atoms with E-state index in [0.29, 0.717) is 11.6 Å². The van der Waals surface area contributed by atoms with Gasteiger partial charge in [-0.3, -0.25) is 4.79 Å². The van der Waals surface area contributed by atoms with Gasteiger partial charge in [-0.1, -0.05) is 15.9 Å². The van der Waals surface area contributed by atoms with Crippen molar-refractivity contribution in [2.75, 3.05) is 13.2 Å². The minimum absolute atomic E-state index is 0.376. The van der Waals surface area contributed by atoms with Crippen molar-refractivity contribution in [3.8, 4) is 0 Å². The molecular formula is C13H13BrN2O2. The Labute approximate surface area is 113 Å². The van der Waals surface area contributed by atoms with Crippen LogP contribution in [0.5, 0.6) is 0 Å². The zero-order valence-corrected chi connectivity index (χ0v) is 11.4. The number of ether oxygens (including phenoxy) is 1. The molecule has 3 heterocycles. The van der Waals surface area contributed by atoms with Crippen LogP contribution in [0.25, 0.3) is 5.52 Å². The lowest BCUT2D eigenvalue weighted by Gasteiger charge is -2.20. The van der Waals surface area contributed by atoms with E-state index in [1.165, 1.54) is 0 Å². The molecule has 1 fully saturated rings. The fraction of sp³-hybridized carbons (Fsp3) is 0.385. The summed E-state index contributed by atoms with van der Waals surface area (Å²) in [6.07, 6.45) is 4.72. The molecule has 2 aromatic heterocycles. The fourth-order valence-corrected chi connectivity index (χ4v) is 2.77. The average molecular weight is 309 g/mol. The first kappa shape index (κ1) is 11.9. The number of pyridine rings is 1. The van der Waals surface area contributed by atoms with Crippen molar-refractivity contribution in [2.45, 2.75) is 18.8 Å². The summed E-state index contributed by atoms with van der Waals surface area (Å²) in [6.45, 7) is 1.54. The normalized spacial score (nSPS) is 17.2. The Hall–Kier alpha value is -1.20. The maximum Gasteiger partial charge on any atom is 0.170 e. The van der Waals surface area contributed by atoms with Gasteiger partial charge in [0.2, 0.25) is 0 Å². The summed E-state index contributed by atoms with van der Waals surface area (Å²) in [6, 6.07) is 3.89. The Bertz CT molecular complexity index is 588. The molecule has 0 unspecified atom stereocenters. The van der Waals surface area contributed by atoms with Crippen LogP contribution in [0.4, 0.5) is 0 Å². The quantitative estimate of drug-likeness (QED) is 0.801. The minimum Gasteiger partial charge on any atom is -0.381 e. The van der Waals surface area contributed by atoms with Gasteiger partial charge in [0, 0.05) is 29.8 Å². The summed E-state index contributed by atoms with van der Waals surface area (Å²) in [7, 11) is 0. The molecule has 0 bridgehead atoms.